The highest BCUT2D eigenvalue weighted by atomic mass is 19.1. The topological polar surface area (TPSA) is 126 Å². The lowest BCUT2D eigenvalue weighted by Crippen LogP contribution is -2.54. The van der Waals surface area contributed by atoms with Crippen LogP contribution in [0.5, 0.6) is 0 Å². The van der Waals surface area contributed by atoms with Crippen molar-refractivity contribution in [3.05, 3.63) is 29.1 Å². The lowest BCUT2D eigenvalue weighted by molar-refractivity contribution is -0.136. The first-order chi connectivity index (χ1) is 18.4. The SMILES string of the molecule is CC(C)(C)OC(=O)N1CC[C@H](OC2CCN(c3cc4c(cc3F)C(=O)N(C3CCC(=O)NC3=O)C4=O)CC2)C1. The molecular formula is C27H33FN4O7. The third kappa shape index (κ3) is 5.47. The van der Waals surface area contributed by atoms with E-state index in [0.29, 0.717) is 39.0 Å². The highest BCUT2D eigenvalue weighted by molar-refractivity contribution is 6.23. The number of amides is 5. The van der Waals surface area contributed by atoms with Gasteiger partial charge in [0.05, 0.1) is 35.6 Å². The van der Waals surface area contributed by atoms with Crippen LogP contribution in [0, 0.1) is 5.82 Å². The van der Waals surface area contributed by atoms with E-state index in [1.54, 1.807) is 4.90 Å². The summed E-state index contributed by atoms with van der Waals surface area (Å²) in [5.74, 6) is -3.19. The summed E-state index contributed by atoms with van der Waals surface area (Å²) in [6, 6.07) is 1.34. The fourth-order valence-corrected chi connectivity index (χ4v) is 5.56. The number of anilines is 1. The fourth-order valence-electron chi connectivity index (χ4n) is 5.56. The number of fused-ring (bicyclic) bond motifs is 1. The van der Waals surface area contributed by atoms with Crippen molar-refractivity contribution in [3.63, 3.8) is 0 Å². The maximum absolute atomic E-state index is 15.2. The Kier molecular flexibility index (Phi) is 7.08. The predicted octanol–water partition coefficient (Wildman–Crippen LogP) is 2.22. The van der Waals surface area contributed by atoms with Gasteiger partial charge in [-0.1, -0.05) is 0 Å². The summed E-state index contributed by atoms with van der Waals surface area (Å²) in [6.45, 7) is 7.50. The quantitative estimate of drug-likeness (QED) is 0.572. The van der Waals surface area contributed by atoms with Crippen LogP contribution in [0.1, 0.15) is 73.6 Å². The maximum Gasteiger partial charge on any atom is 0.410 e. The van der Waals surface area contributed by atoms with Crippen molar-refractivity contribution in [2.75, 3.05) is 31.1 Å². The van der Waals surface area contributed by atoms with Crippen LogP contribution in [0.15, 0.2) is 12.1 Å². The van der Waals surface area contributed by atoms with Crippen LogP contribution in [0.3, 0.4) is 0 Å². The lowest BCUT2D eigenvalue weighted by Gasteiger charge is -2.35. The second-order valence-corrected chi connectivity index (χ2v) is 11.5. The van der Waals surface area contributed by atoms with Crippen LogP contribution in [0.4, 0.5) is 14.9 Å². The average Bonchev–Trinajstić information content (AvgIpc) is 3.41. The minimum Gasteiger partial charge on any atom is -0.444 e. The molecule has 3 fully saturated rings. The third-order valence-corrected chi connectivity index (χ3v) is 7.47. The van der Waals surface area contributed by atoms with Gasteiger partial charge >= 0.3 is 6.09 Å². The second kappa shape index (κ2) is 10.2. The summed E-state index contributed by atoms with van der Waals surface area (Å²) in [4.78, 5) is 66.4. The van der Waals surface area contributed by atoms with Crippen molar-refractivity contribution in [1.82, 2.24) is 15.1 Å². The number of carbonyl (C=O) groups is 5. The van der Waals surface area contributed by atoms with E-state index in [1.165, 1.54) is 6.07 Å². The van der Waals surface area contributed by atoms with E-state index in [4.69, 9.17) is 9.47 Å². The maximum atomic E-state index is 15.2. The Labute approximate surface area is 225 Å². The van der Waals surface area contributed by atoms with E-state index in [2.05, 4.69) is 5.32 Å². The van der Waals surface area contributed by atoms with E-state index in [-0.39, 0.29) is 48.0 Å². The normalized spacial score (nSPS) is 24.4. The highest BCUT2D eigenvalue weighted by Crippen LogP contribution is 2.34. The van der Waals surface area contributed by atoms with Gasteiger partial charge in [-0.05, 0) is 58.6 Å². The molecule has 5 rings (SSSR count). The average molecular weight is 545 g/mol. The number of ether oxygens (including phenoxy) is 2. The molecule has 0 aromatic heterocycles. The number of halogens is 1. The smallest absolute Gasteiger partial charge is 0.410 e. The lowest BCUT2D eigenvalue weighted by atomic mass is 10.0. The standard InChI is InChI=1S/C27H33FN4O7/c1-27(2,3)39-26(37)31-11-8-16(14-31)38-15-6-9-30(10-7-15)21-13-18-17(12-19(21)28)24(35)32(25(18)36)20-4-5-22(33)29-23(20)34/h12-13,15-16,20H,4-11,14H2,1-3H3,(H,29,33,34)/t16-,20?/m0/s1. The number of piperidine rings is 2. The van der Waals surface area contributed by atoms with Gasteiger partial charge in [-0.25, -0.2) is 9.18 Å². The minimum atomic E-state index is -1.10. The molecule has 1 aromatic rings. The van der Waals surface area contributed by atoms with Gasteiger partial charge in [0, 0.05) is 26.1 Å². The Hall–Kier alpha value is -3.54. The molecule has 2 atom stereocenters. The largest absolute Gasteiger partial charge is 0.444 e. The summed E-state index contributed by atoms with van der Waals surface area (Å²) in [6.07, 6.45) is 1.55. The molecule has 11 nitrogen and oxygen atoms in total. The molecule has 0 spiro atoms. The van der Waals surface area contributed by atoms with Crippen LogP contribution in [0.2, 0.25) is 0 Å². The zero-order valence-corrected chi connectivity index (χ0v) is 22.3. The van der Waals surface area contributed by atoms with Crippen molar-refractivity contribution < 1.29 is 37.8 Å². The zero-order valence-electron chi connectivity index (χ0n) is 22.3. The summed E-state index contributed by atoms with van der Waals surface area (Å²) in [5, 5.41) is 2.15. The summed E-state index contributed by atoms with van der Waals surface area (Å²) in [5.41, 5.74) is -0.375. The molecule has 3 saturated heterocycles. The Bertz CT molecular complexity index is 1220. The van der Waals surface area contributed by atoms with Crippen molar-refractivity contribution in [2.24, 2.45) is 0 Å². The Balaban J connectivity index is 1.19. The van der Waals surface area contributed by atoms with Crippen molar-refractivity contribution in [2.45, 2.75) is 76.7 Å². The number of hydrogen-bond acceptors (Lipinski definition) is 8. The molecule has 1 aromatic carbocycles. The molecule has 4 heterocycles. The Morgan fingerprint density at radius 2 is 1.59 bits per heavy atom. The number of likely N-dealkylation sites (tertiary alicyclic amines) is 1. The van der Waals surface area contributed by atoms with Gasteiger partial charge in [-0.2, -0.15) is 0 Å². The molecule has 0 bridgehead atoms. The van der Waals surface area contributed by atoms with E-state index in [0.717, 1.165) is 17.4 Å². The summed E-state index contributed by atoms with van der Waals surface area (Å²) in [7, 11) is 0. The van der Waals surface area contributed by atoms with Crippen molar-refractivity contribution in [1.29, 1.82) is 0 Å². The van der Waals surface area contributed by atoms with Crippen LogP contribution in [-0.2, 0) is 19.1 Å². The number of nitrogens with zero attached hydrogens (tertiary/aromatic N) is 3. The number of nitrogens with one attached hydrogen (secondary N) is 1. The van der Waals surface area contributed by atoms with Crippen molar-refractivity contribution in [3.8, 4) is 0 Å². The molecule has 210 valence electrons. The van der Waals surface area contributed by atoms with Gasteiger partial charge in [0.2, 0.25) is 11.8 Å². The van der Waals surface area contributed by atoms with Gasteiger partial charge < -0.3 is 19.3 Å². The number of imide groups is 2. The monoisotopic (exact) mass is 544 g/mol. The Morgan fingerprint density at radius 3 is 2.23 bits per heavy atom. The molecule has 0 saturated carbocycles. The Morgan fingerprint density at radius 1 is 0.949 bits per heavy atom. The van der Waals surface area contributed by atoms with Crippen LogP contribution in [0.25, 0.3) is 0 Å². The van der Waals surface area contributed by atoms with Crippen LogP contribution >= 0.6 is 0 Å². The number of rotatable bonds is 4. The molecule has 4 aliphatic rings. The highest BCUT2D eigenvalue weighted by Gasteiger charge is 2.45. The molecule has 5 amide bonds. The van der Waals surface area contributed by atoms with Crippen LogP contribution in [-0.4, -0.2) is 89.6 Å². The minimum absolute atomic E-state index is 0.0142. The molecule has 39 heavy (non-hydrogen) atoms. The molecular weight excluding hydrogens is 511 g/mol. The zero-order chi connectivity index (χ0) is 28.1. The summed E-state index contributed by atoms with van der Waals surface area (Å²) < 4.78 is 26.8. The van der Waals surface area contributed by atoms with Crippen LogP contribution < -0.4 is 10.2 Å². The first-order valence-corrected chi connectivity index (χ1v) is 13.3. The van der Waals surface area contributed by atoms with E-state index < -0.39 is 41.1 Å². The first kappa shape index (κ1) is 27.0. The third-order valence-electron chi connectivity index (χ3n) is 7.47. The van der Waals surface area contributed by atoms with E-state index >= 15 is 4.39 Å². The molecule has 1 N–H and O–H groups in total. The molecule has 0 radical (unpaired) electrons. The first-order valence-electron chi connectivity index (χ1n) is 13.3. The molecule has 1 unspecified atom stereocenters. The number of benzene rings is 1. The van der Waals surface area contributed by atoms with E-state index in [9.17, 15) is 24.0 Å². The van der Waals surface area contributed by atoms with E-state index in [1.807, 2.05) is 25.7 Å². The van der Waals surface area contributed by atoms with Crippen molar-refractivity contribution >= 4 is 35.4 Å². The number of carbonyl (C=O) groups excluding carboxylic acids is 5. The molecule has 4 aliphatic heterocycles. The second-order valence-electron chi connectivity index (χ2n) is 11.5. The van der Waals surface area contributed by atoms with Gasteiger partial charge in [0.25, 0.3) is 11.8 Å². The predicted molar refractivity (Wildman–Crippen MR) is 136 cm³/mol. The van der Waals surface area contributed by atoms with Gasteiger partial charge in [-0.3, -0.25) is 29.4 Å². The molecule has 12 heteroatoms. The fraction of sp³-hybridized carbons (Fsp3) is 0.593. The summed E-state index contributed by atoms with van der Waals surface area (Å²) >= 11 is 0. The molecule has 0 aliphatic carbocycles. The van der Waals surface area contributed by atoms with Gasteiger partial charge in [0.1, 0.15) is 17.5 Å². The van der Waals surface area contributed by atoms with Gasteiger partial charge in [0.15, 0.2) is 0 Å². The number of hydrogen-bond donors (Lipinski definition) is 1. The van der Waals surface area contributed by atoms with Gasteiger partial charge in [-0.15, -0.1) is 0 Å².